The molecule has 0 fully saturated rings. The first kappa shape index (κ1) is 14.4. The summed E-state index contributed by atoms with van der Waals surface area (Å²) in [6.45, 7) is 4.06. The molecule has 3 nitrogen and oxygen atoms in total. The standard InChI is InChI=1S/C13H12F3N3S/c1-2-5-17-12(20)18-9-3-4-10-8(6-9)7-11(19-10)13(14,15)16/h2-4,6-7,19H,1,5H2,(H2,17,18,20). The summed E-state index contributed by atoms with van der Waals surface area (Å²) in [5.74, 6) is 0. The van der Waals surface area contributed by atoms with Gasteiger partial charge in [-0.15, -0.1) is 6.58 Å². The van der Waals surface area contributed by atoms with Gasteiger partial charge in [-0.05, 0) is 36.5 Å². The van der Waals surface area contributed by atoms with Gasteiger partial charge in [0.1, 0.15) is 5.69 Å². The van der Waals surface area contributed by atoms with Crippen molar-refractivity contribution in [3.8, 4) is 0 Å². The van der Waals surface area contributed by atoms with E-state index in [4.69, 9.17) is 12.2 Å². The minimum Gasteiger partial charge on any atom is -0.359 e. The largest absolute Gasteiger partial charge is 0.431 e. The highest BCUT2D eigenvalue weighted by Crippen LogP contribution is 2.31. The quantitative estimate of drug-likeness (QED) is 0.598. The second-order valence-corrected chi connectivity index (χ2v) is 4.51. The average molecular weight is 299 g/mol. The van der Waals surface area contributed by atoms with Crippen molar-refractivity contribution in [2.75, 3.05) is 11.9 Å². The number of hydrogen-bond donors (Lipinski definition) is 3. The molecule has 0 radical (unpaired) electrons. The molecule has 0 atom stereocenters. The topological polar surface area (TPSA) is 39.8 Å². The fraction of sp³-hybridized carbons (Fsp3) is 0.154. The van der Waals surface area contributed by atoms with Crippen LogP contribution in [0.4, 0.5) is 18.9 Å². The number of nitrogens with one attached hydrogen (secondary N) is 3. The Labute approximate surface area is 118 Å². The minimum absolute atomic E-state index is 0.385. The van der Waals surface area contributed by atoms with Crippen molar-refractivity contribution in [3.63, 3.8) is 0 Å². The molecule has 106 valence electrons. The number of benzene rings is 1. The number of aromatic amines is 1. The molecule has 0 saturated carbocycles. The molecule has 1 heterocycles. The molecule has 7 heteroatoms. The van der Waals surface area contributed by atoms with Crippen LogP contribution in [0.25, 0.3) is 10.9 Å². The fourth-order valence-corrected chi connectivity index (χ4v) is 1.90. The summed E-state index contributed by atoms with van der Waals surface area (Å²) in [4.78, 5) is 2.34. The number of rotatable bonds is 3. The number of hydrogen-bond acceptors (Lipinski definition) is 1. The average Bonchev–Trinajstić information content (AvgIpc) is 2.79. The summed E-state index contributed by atoms with van der Waals surface area (Å²) in [5, 5.41) is 6.62. The van der Waals surface area contributed by atoms with Crippen molar-refractivity contribution in [1.29, 1.82) is 0 Å². The predicted molar refractivity (Wildman–Crippen MR) is 77.7 cm³/mol. The lowest BCUT2D eigenvalue weighted by atomic mass is 10.2. The number of alkyl halides is 3. The number of aromatic nitrogens is 1. The zero-order valence-corrected chi connectivity index (χ0v) is 11.2. The molecule has 0 amide bonds. The van der Waals surface area contributed by atoms with E-state index < -0.39 is 11.9 Å². The normalized spacial score (nSPS) is 11.3. The lowest BCUT2D eigenvalue weighted by Gasteiger charge is -2.08. The van der Waals surface area contributed by atoms with Crippen LogP contribution in [0.15, 0.2) is 36.9 Å². The first-order valence-electron chi connectivity index (χ1n) is 5.76. The van der Waals surface area contributed by atoms with E-state index in [1.807, 2.05) is 0 Å². The van der Waals surface area contributed by atoms with Crippen LogP contribution in [0.1, 0.15) is 5.69 Å². The van der Waals surface area contributed by atoms with Crippen LogP contribution < -0.4 is 10.6 Å². The Morgan fingerprint density at radius 2 is 2.10 bits per heavy atom. The molecule has 3 N–H and O–H groups in total. The first-order chi connectivity index (χ1) is 9.40. The summed E-state index contributed by atoms with van der Waals surface area (Å²) in [6.07, 6.45) is -2.73. The summed E-state index contributed by atoms with van der Waals surface area (Å²) in [6, 6.07) is 5.90. The molecule has 20 heavy (non-hydrogen) atoms. The van der Waals surface area contributed by atoms with E-state index >= 15 is 0 Å². The van der Waals surface area contributed by atoms with Crippen LogP contribution in [0, 0.1) is 0 Å². The SMILES string of the molecule is C=CCNC(=S)Nc1ccc2[nH]c(C(F)(F)F)cc2c1. The zero-order chi connectivity index (χ0) is 14.8. The number of thiocarbonyl (C=S) groups is 1. The maximum atomic E-state index is 12.6. The molecule has 0 spiro atoms. The second-order valence-electron chi connectivity index (χ2n) is 4.11. The Kier molecular flexibility index (Phi) is 3.99. The monoisotopic (exact) mass is 299 g/mol. The van der Waals surface area contributed by atoms with Gasteiger partial charge in [-0.2, -0.15) is 13.2 Å². The van der Waals surface area contributed by atoms with Gasteiger partial charge in [0, 0.05) is 23.1 Å². The van der Waals surface area contributed by atoms with Crippen molar-refractivity contribution in [2.24, 2.45) is 0 Å². The van der Waals surface area contributed by atoms with Gasteiger partial charge >= 0.3 is 6.18 Å². The summed E-state index contributed by atoms with van der Waals surface area (Å²) >= 11 is 5.03. The maximum absolute atomic E-state index is 12.6. The maximum Gasteiger partial charge on any atom is 0.431 e. The van der Waals surface area contributed by atoms with Gasteiger partial charge < -0.3 is 15.6 Å². The van der Waals surface area contributed by atoms with Crippen molar-refractivity contribution in [3.05, 3.63) is 42.6 Å². The van der Waals surface area contributed by atoms with E-state index in [-0.39, 0.29) is 0 Å². The van der Waals surface area contributed by atoms with Crippen molar-refractivity contribution >= 4 is 33.9 Å². The van der Waals surface area contributed by atoms with Gasteiger partial charge in [0.05, 0.1) is 0 Å². The lowest BCUT2D eigenvalue weighted by Crippen LogP contribution is -2.28. The third-order valence-electron chi connectivity index (χ3n) is 2.59. The minimum atomic E-state index is -4.38. The smallest absolute Gasteiger partial charge is 0.359 e. The second kappa shape index (κ2) is 5.54. The molecule has 1 aromatic carbocycles. The van der Waals surface area contributed by atoms with Gasteiger partial charge in [-0.25, -0.2) is 0 Å². The van der Waals surface area contributed by atoms with Gasteiger partial charge in [0.2, 0.25) is 0 Å². The van der Waals surface area contributed by atoms with E-state index in [9.17, 15) is 13.2 Å². The Bertz CT molecular complexity index is 646. The van der Waals surface area contributed by atoms with E-state index in [1.165, 1.54) is 0 Å². The molecule has 0 saturated heterocycles. The Morgan fingerprint density at radius 3 is 2.75 bits per heavy atom. The van der Waals surface area contributed by atoms with Crippen LogP contribution >= 0.6 is 12.2 Å². The van der Waals surface area contributed by atoms with Crippen LogP contribution in [-0.2, 0) is 6.18 Å². The van der Waals surface area contributed by atoms with Crippen LogP contribution in [-0.4, -0.2) is 16.6 Å². The number of halogens is 3. The number of anilines is 1. The van der Waals surface area contributed by atoms with E-state index in [0.717, 1.165) is 6.07 Å². The fourth-order valence-electron chi connectivity index (χ4n) is 1.70. The molecule has 0 unspecified atom stereocenters. The van der Waals surface area contributed by atoms with Crippen molar-refractivity contribution in [2.45, 2.75) is 6.18 Å². The van der Waals surface area contributed by atoms with Crippen molar-refractivity contribution in [1.82, 2.24) is 10.3 Å². The molecule has 0 aliphatic carbocycles. The third-order valence-corrected chi connectivity index (χ3v) is 2.84. The van der Waals surface area contributed by atoms with Crippen LogP contribution in [0.5, 0.6) is 0 Å². The Hall–Kier alpha value is -2.02. The lowest BCUT2D eigenvalue weighted by molar-refractivity contribution is -0.140. The summed E-state index contributed by atoms with van der Waals surface area (Å²) < 4.78 is 37.8. The Morgan fingerprint density at radius 1 is 1.35 bits per heavy atom. The van der Waals surface area contributed by atoms with E-state index in [2.05, 4.69) is 22.2 Å². The molecule has 2 aromatic rings. The molecule has 0 aliphatic rings. The van der Waals surface area contributed by atoms with Crippen LogP contribution in [0.3, 0.4) is 0 Å². The zero-order valence-electron chi connectivity index (χ0n) is 10.3. The molecule has 0 bridgehead atoms. The van der Waals surface area contributed by atoms with Gasteiger partial charge in [-0.3, -0.25) is 0 Å². The van der Waals surface area contributed by atoms with E-state index in [1.54, 1.807) is 24.3 Å². The van der Waals surface area contributed by atoms with Crippen LogP contribution in [0.2, 0.25) is 0 Å². The molecule has 2 rings (SSSR count). The number of H-pyrrole nitrogens is 1. The highest BCUT2D eigenvalue weighted by Gasteiger charge is 2.32. The molecule has 1 aromatic heterocycles. The van der Waals surface area contributed by atoms with Crippen molar-refractivity contribution < 1.29 is 13.2 Å². The third kappa shape index (κ3) is 3.30. The predicted octanol–water partition coefficient (Wildman–Crippen LogP) is 3.66. The summed E-state index contributed by atoms with van der Waals surface area (Å²) in [5.41, 5.74) is 0.275. The van der Waals surface area contributed by atoms with Gasteiger partial charge in [0.15, 0.2) is 5.11 Å². The summed E-state index contributed by atoms with van der Waals surface area (Å²) in [7, 11) is 0. The molecular formula is C13H12F3N3S. The molecule has 0 aliphatic heterocycles. The number of fused-ring (bicyclic) bond motifs is 1. The highest BCUT2D eigenvalue weighted by atomic mass is 32.1. The van der Waals surface area contributed by atoms with Gasteiger partial charge in [-0.1, -0.05) is 6.08 Å². The van der Waals surface area contributed by atoms with E-state index in [0.29, 0.717) is 28.2 Å². The molecular weight excluding hydrogens is 287 g/mol. The van der Waals surface area contributed by atoms with Gasteiger partial charge in [0.25, 0.3) is 0 Å². The first-order valence-corrected chi connectivity index (χ1v) is 6.16. The Balaban J connectivity index is 2.21. The highest BCUT2D eigenvalue weighted by molar-refractivity contribution is 7.80.